The van der Waals surface area contributed by atoms with Crippen molar-refractivity contribution in [1.29, 1.82) is 0 Å². The molecule has 0 radical (unpaired) electrons. The Hall–Kier alpha value is -2.04. The molecule has 0 aliphatic rings. The average molecular weight is 398 g/mol. The molecule has 0 amide bonds. The van der Waals surface area contributed by atoms with E-state index in [1.165, 1.54) is 0 Å². The second-order valence-electron chi connectivity index (χ2n) is 4.88. The lowest BCUT2D eigenvalue weighted by atomic mass is 10.1. The Labute approximate surface area is 135 Å². The quantitative estimate of drug-likeness (QED) is 0.468. The first-order valence-electron chi connectivity index (χ1n) is 6.01. The molecule has 0 unspecified atom stereocenters. The van der Waals surface area contributed by atoms with Crippen LogP contribution in [0.2, 0.25) is 0 Å². The van der Waals surface area contributed by atoms with Gasteiger partial charge >= 0.3 is 0 Å². The van der Waals surface area contributed by atoms with Gasteiger partial charge in [-0.15, -0.1) is 0 Å². The zero-order chi connectivity index (χ0) is 17.5. The summed E-state index contributed by atoms with van der Waals surface area (Å²) in [6, 6.07) is 0. The van der Waals surface area contributed by atoms with Crippen molar-refractivity contribution >= 4 is 33.5 Å². The Bertz CT molecular complexity index is 748. The highest BCUT2D eigenvalue weighted by atomic mass is 79.9. The van der Waals surface area contributed by atoms with Gasteiger partial charge in [0.15, 0.2) is 34.8 Å². The van der Waals surface area contributed by atoms with E-state index in [9.17, 15) is 22.0 Å². The number of halogens is 6. The Kier molecular flexibility index (Phi) is 4.42. The molecule has 23 heavy (non-hydrogen) atoms. The van der Waals surface area contributed by atoms with Crippen LogP contribution in [0.15, 0.2) is 4.47 Å². The number of nitrogens with one attached hydrogen (secondary N) is 1. The number of nitrogen functional groups attached to an aromatic ring is 1. The molecule has 0 aliphatic carbocycles. The molecule has 5 nitrogen and oxygen atoms in total. The van der Waals surface area contributed by atoms with Gasteiger partial charge < -0.3 is 11.1 Å². The zero-order valence-electron chi connectivity index (χ0n) is 11.7. The van der Waals surface area contributed by atoms with Gasteiger partial charge in [-0.1, -0.05) is 0 Å². The Morgan fingerprint density at radius 1 is 0.957 bits per heavy atom. The SMILES string of the molecule is CC(C)(F)c1nc(N)nc(Nc2c(F)c(F)c(Br)c(F)c2F)n1. The summed E-state index contributed by atoms with van der Waals surface area (Å²) in [5, 5.41) is 1.94. The highest BCUT2D eigenvalue weighted by Crippen LogP contribution is 2.33. The second kappa shape index (κ2) is 5.87. The largest absolute Gasteiger partial charge is 0.368 e. The molecular formula is C12H9BrF5N5. The number of hydrogen-bond donors (Lipinski definition) is 2. The molecule has 1 heterocycles. The second-order valence-corrected chi connectivity index (χ2v) is 5.68. The third kappa shape index (κ3) is 3.33. The zero-order valence-corrected chi connectivity index (χ0v) is 13.3. The summed E-state index contributed by atoms with van der Waals surface area (Å²) < 4.78 is 67.3. The van der Waals surface area contributed by atoms with Gasteiger partial charge in [-0.3, -0.25) is 0 Å². The number of alkyl halides is 1. The van der Waals surface area contributed by atoms with Gasteiger partial charge in [0, 0.05) is 0 Å². The van der Waals surface area contributed by atoms with E-state index in [-0.39, 0.29) is 0 Å². The standard InChI is InChI=1S/C12H9BrF5N5/c1-12(2,18)9-21-10(19)23-11(22-9)20-8-6(16)4(14)3(13)5(15)7(8)17/h1-2H3,(H3,19,20,21,22,23). The Morgan fingerprint density at radius 3 is 1.96 bits per heavy atom. The summed E-state index contributed by atoms with van der Waals surface area (Å²) >= 11 is 2.38. The van der Waals surface area contributed by atoms with Crippen LogP contribution < -0.4 is 11.1 Å². The van der Waals surface area contributed by atoms with Crippen LogP contribution in [0.4, 0.5) is 39.5 Å². The molecule has 0 bridgehead atoms. The van der Waals surface area contributed by atoms with Crippen LogP contribution in [0.25, 0.3) is 0 Å². The van der Waals surface area contributed by atoms with Crippen LogP contribution in [0.3, 0.4) is 0 Å². The third-order valence-corrected chi connectivity index (χ3v) is 3.33. The van der Waals surface area contributed by atoms with E-state index in [1.807, 2.05) is 5.32 Å². The van der Waals surface area contributed by atoms with Crippen LogP contribution in [0.5, 0.6) is 0 Å². The van der Waals surface area contributed by atoms with E-state index in [1.54, 1.807) is 0 Å². The topological polar surface area (TPSA) is 76.7 Å². The molecule has 11 heteroatoms. The summed E-state index contributed by atoms with van der Waals surface area (Å²) in [5.74, 6) is -8.17. The first-order chi connectivity index (χ1) is 10.5. The molecule has 0 saturated heterocycles. The summed E-state index contributed by atoms with van der Waals surface area (Å²) in [4.78, 5) is 10.6. The van der Waals surface area contributed by atoms with Gasteiger partial charge in [-0.25, -0.2) is 22.0 Å². The highest BCUT2D eigenvalue weighted by molar-refractivity contribution is 9.10. The number of benzene rings is 1. The van der Waals surface area contributed by atoms with E-state index < -0.39 is 56.8 Å². The number of nitrogens with two attached hydrogens (primary N) is 1. The lowest BCUT2D eigenvalue weighted by molar-refractivity contribution is 0.206. The molecule has 124 valence electrons. The van der Waals surface area contributed by atoms with Crippen molar-refractivity contribution in [2.24, 2.45) is 0 Å². The normalized spacial score (nSPS) is 11.7. The van der Waals surface area contributed by atoms with E-state index in [0.29, 0.717) is 0 Å². The number of nitrogens with zero attached hydrogens (tertiary/aromatic N) is 3. The lowest BCUT2D eigenvalue weighted by Gasteiger charge is -2.15. The maximum absolute atomic E-state index is 13.8. The molecule has 0 atom stereocenters. The molecule has 1 aromatic heterocycles. The van der Waals surface area contributed by atoms with E-state index >= 15 is 0 Å². The van der Waals surface area contributed by atoms with Crippen LogP contribution in [0, 0.1) is 23.3 Å². The predicted molar refractivity (Wildman–Crippen MR) is 75.6 cm³/mol. The van der Waals surface area contributed by atoms with Crippen molar-refractivity contribution in [2.75, 3.05) is 11.1 Å². The molecule has 0 fully saturated rings. The Balaban J connectivity index is 2.55. The maximum Gasteiger partial charge on any atom is 0.232 e. The van der Waals surface area contributed by atoms with E-state index in [0.717, 1.165) is 13.8 Å². The minimum absolute atomic E-state index is 0.425. The molecule has 0 aliphatic heterocycles. The summed E-state index contributed by atoms with van der Waals surface area (Å²) in [6.45, 7) is 2.23. The van der Waals surface area contributed by atoms with Crippen molar-refractivity contribution in [3.8, 4) is 0 Å². The van der Waals surface area contributed by atoms with Crippen molar-refractivity contribution in [3.05, 3.63) is 33.6 Å². The first-order valence-corrected chi connectivity index (χ1v) is 6.81. The van der Waals surface area contributed by atoms with Gasteiger partial charge in [0.25, 0.3) is 0 Å². The van der Waals surface area contributed by atoms with Crippen molar-refractivity contribution in [3.63, 3.8) is 0 Å². The predicted octanol–water partition coefficient (Wildman–Crippen LogP) is 3.72. The first kappa shape index (κ1) is 17.3. The monoisotopic (exact) mass is 397 g/mol. The molecular weight excluding hydrogens is 389 g/mol. The fraction of sp³-hybridized carbons (Fsp3) is 0.250. The highest BCUT2D eigenvalue weighted by Gasteiger charge is 2.27. The molecule has 0 spiro atoms. The molecule has 1 aromatic carbocycles. The van der Waals surface area contributed by atoms with Crippen LogP contribution in [-0.2, 0) is 5.67 Å². The van der Waals surface area contributed by atoms with Crippen molar-refractivity contribution < 1.29 is 22.0 Å². The van der Waals surface area contributed by atoms with Crippen LogP contribution >= 0.6 is 15.9 Å². The van der Waals surface area contributed by atoms with Crippen molar-refractivity contribution in [1.82, 2.24) is 15.0 Å². The van der Waals surface area contributed by atoms with E-state index in [2.05, 4.69) is 30.9 Å². The number of anilines is 3. The Morgan fingerprint density at radius 2 is 1.48 bits per heavy atom. The smallest absolute Gasteiger partial charge is 0.232 e. The summed E-state index contributed by atoms with van der Waals surface area (Å²) in [7, 11) is 0. The lowest BCUT2D eigenvalue weighted by Crippen LogP contribution is -2.18. The van der Waals surface area contributed by atoms with Gasteiger partial charge in [-0.2, -0.15) is 15.0 Å². The maximum atomic E-state index is 13.8. The molecule has 0 saturated carbocycles. The number of aromatic nitrogens is 3. The van der Waals surface area contributed by atoms with Gasteiger partial charge in [0.05, 0.1) is 4.47 Å². The average Bonchev–Trinajstić information content (AvgIpc) is 2.46. The fourth-order valence-electron chi connectivity index (χ4n) is 1.54. The molecule has 3 N–H and O–H groups in total. The van der Waals surface area contributed by atoms with Crippen LogP contribution in [0.1, 0.15) is 19.7 Å². The minimum atomic E-state index is -2.03. The van der Waals surface area contributed by atoms with E-state index in [4.69, 9.17) is 5.73 Å². The van der Waals surface area contributed by atoms with Gasteiger partial charge in [0.2, 0.25) is 11.9 Å². The van der Waals surface area contributed by atoms with Crippen molar-refractivity contribution in [2.45, 2.75) is 19.5 Å². The summed E-state index contributed by atoms with van der Waals surface area (Å²) in [6.07, 6.45) is 0. The summed E-state index contributed by atoms with van der Waals surface area (Å²) in [5.41, 5.74) is 2.15. The van der Waals surface area contributed by atoms with Gasteiger partial charge in [-0.05, 0) is 29.8 Å². The minimum Gasteiger partial charge on any atom is -0.368 e. The number of rotatable bonds is 3. The third-order valence-electron chi connectivity index (χ3n) is 2.63. The molecule has 2 aromatic rings. The fourth-order valence-corrected chi connectivity index (χ4v) is 1.89. The molecule has 2 rings (SSSR count). The van der Waals surface area contributed by atoms with Crippen LogP contribution in [-0.4, -0.2) is 15.0 Å². The van der Waals surface area contributed by atoms with Gasteiger partial charge in [0.1, 0.15) is 5.69 Å². The number of hydrogen-bond acceptors (Lipinski definition) is 5.